The van der Waals surface area contributed by atoms with Gasteiger partial charge in [0.25, 0.3) is 0 Å². The second kappa shape index (κ2) is 12.6. The second-order valence-corrected chi connectivity index (χ2v) is 9.67. The van der Waals surface area contributed by atoms with Gasteiger partial charge in [0.2, 0.25) is 11.8 Å². The fourth-order valence-electron chi connectivity index (χ4n) is 4.51. The van der Waals surface area contributed by atoms with E-state index in [0.717, 1.165) is 0 Å². The summed E-state index contributed by atoms with van der Waals surface area (Å²) in [6.45, 7) is 0. The topological polar surface area (TPSA) is 203 Å². The Labute approximate surface area is 209 Å². The lowest BCUT2D eigenvalue weighted by Crippen LogP contribution is -2.54. The van der Waals surface area contributed by atoms with E-state index in [9.17, 15) is 28.8 Å². The third-order valence-corrected chi connectivity index (χ3v) is 6.53. The van der Waals surface area contributed by atoms with Gasteiger partial charge in [0, 0.05) is 64.2 Å². The SMILES string of the molecule is CN(C)C(=O)[C@H]1CC[C@H](N)[C@H](NC(=O)OC(=O)C(=O)OC(=O)N[C@@H]2C[C@@H](C(=O)N(C)C)CC[C@@H]2N)C1. The Morgan fingerprint density at radius 2 is 0.972 bits per heavy atom. The number of nitrogens with zero attached hydrogens (tertiary/aromatic N) is 2. The molecule has 0 aromatic carbocycles. The maximum absolute atomic E-state index is 12.2. The van der Waals surface area contributed by atoms with E-state index in [0.29, 0.717) is 25.7 Å². The molecule has 2 aliphatic rings. The smallest absolute Gasteiger partial charge is 0.368 e. The number of esters is 2. The van der Waals surface area contributed by atoms with E-state index in [-0.39, 0.29) is 36.5 Å². The number of amides is 4. The van der Waals surface area contributed by atoms with Crippen molar-refractivity contribution in [3.8, 4) is 0 Å². The minimum atomic E-state index is -1.71. The molecule has 2 saturated carbocycles. The van der Waals surface area contributed by atoms with Gasteiger partial charge in [-0.1, -0.05) is 0 Å². The first-order valence-electron chi connectivity index (χ1n) is 11.8. The zero-order chi connectivity index (χ0) is 27.2. The fraction of sp³-hybridized carbons (Fsp3) is 0.727. The van der Waals surface area contributed by atoms with Crippen LogP contribution in [0.3, 0.4) is 0 Å². The van der Waals surface area contributed by atoms with Crippen molar-refractivity contribution >= 4 is 35.9 Å². The first kappa shape index (κ1) is 29.0. The number of hydrogen-bond acceptors (Lipinski definition) is 10. The largest absolute Gasteiger partial charge is 0.426 e. The third-order valence-electron chi connectivity index (χ3n) is 6.53. The maximum atomic E-state index is 12.2. The highest BCUT2D eigenvalue weighted by molar-refractivity contribution is 6.33. The van der Waals surface area contributed by atoms with Gasteiger partial charge in [0.05, 0.1) is 0 Å². The number of hydrogen-bond donors (Lipinski definition) is 4. The van der Waals surface area contributed by atoms with Crippen LogP contribution in [-0.4, -0.2) is 98.1 Å². The van der Waals surface area contributed by atoms with Crippen LogP contribution in [0.25, 0.3) is 0 Å². The first-order valence-corrected chi connectivity index (χ1v) is 11.8. The lowest BCUT2D eigenvalue weighted by Gasteiger charge is -2.34. The van der Waals surface area contributed by atoms with Gasteiger partial charge in [-0.25, -0.2) is 19.2 Å². The maximum Gasteiger partial charge on any atom is 0.426 e. The average Bonchev–Trinajstić information content (AvgIpc) is 2.80. The number of carbonyl (C=O) groups excluding carboxylic acids is 6. The number of ether oxygens (including phenoxy) is 2. The Bertz CT molecular complexity index is 809. The standard InChI is InChI=1S/C22H36N6O8/c1-27(2)17(29)11-5-7-13(23)15(9-11)25-21(33)35-19(31)20(32)36-22(34)26-16-10-12(6-8-14(16)24)18(30)28(3)4/h11-16H,5-10,23-24H2,1-4H3,(H,25,33)(H,26,34)/t11-,12-,13-,14-,15+,16+/m0/s1. The van der Waals surface area contributed by atoms with Crippen molar-refractivity contribution in [2.45, 2.75) is 62.7 Å². The molecule has 14 heteroatoms. The summed E-state index contributed by atoms with van der Waals surface area (Å²) in [6.07, 6.45) is 0.0255. The first-order chi connectivity index (χ1) is 16.8. The molecule has 0 aromatic rings. The van der Waals surface area contributed by atoms with Gasteiger partial charge in [0.1, 0.15) is 0 Å². The molecule has 6 atom stereocenters. The lowest BCUT2D eigenvalue weighted by molar-refractivity contribution is -0.160. The van der Waals surface area contributed by atoms with Crippen LogP contribution in [0.4, 0.5) is 9.59 Å². The molecule has 0 radical (unpaired) electrons. The predicted octanol–water partition coefficient (Wildman–Crippen LogP) is -1.34. The molecule has 2 fully saturated rings. The van der Waals surface area contributed by atoms with Crippen LogP contribution in [0.15, 0.2) is 0 Å². The van der Waals surface area contributed by atoms with Crippen LogP contribution < -0.4 is 22.1 Å². The van der Waals surface area contributed by atoms with E-state index in [2.05, 4.69) is 20.1 Å². The van der Waals surface area contributed by atoms with Gasteiger partial charge in [-0.05, 0) is 38.5 Å². The predicted molar refractivity (Wildman–Crippen MR) is 125 cm³/mol. The molecule has 0 unspecified atom stereocenters. The fourth-order valence-corrected chi connectivity index (χ4v) is 4.51. The molecule has 2 rings (SSSR count). The number of alkyl carbamates (subject to hydrolysis) is 2. The highest BCUT2D eigenvalue weighted by Gasteiger charge is 2.36. The normalized spacial score (nSPS) is 27.7. The molecular weight excluding hydrogens is 476 g/mol. The highest BCUT2D eigenvalue weighted by atomic mass is 16.6. The second-order valence-electron chi connectivity index (χ2n) is 9.67. The van der Waals surface area contributed by atoms with Gasteiger partial charge < -0.3 is 41.4 Å². The molecule has 0 aliphatic heterocycles. The van der Waals surface area contributed by atoms with Crippen molar-refractivity contribution in [3.63, 3.8) is 0 Å². The van der Waals surface area contributed by atoms with E-state index in [4.69, 9.17) is 11.5 Å². The zero-order valence-corrected chi connectivity index (χ0v) is 21.0. The van der Waals surface area contributed by atoms with Crippen LogP contribution in [0, 0.1) is 11.8 Å². The molecule has 0 heterocycles. The van der Waals surface area contributed by atoms with Crippen molar-refractivity contribution in [1.29, 1.82) is 0 Å². The summed E-state index contributed by atoms with van der Waals surface area (Å²) in [4.78, 5) is 75.4. The van der Waals surface area contributed by atoms with Crippen molar-refractivity contribution < 1.29 is 38.2 Å². The summed E-state index contributed by atoms with van der Waals surface area (Å²) < 4.78 is 8.85. The number of rotatable bonds is 4. The minimum Gasteiger partial charge on any atom is -0.368 e. The van der Waals surface area contributed by atoms with Crippen molar-refractivity contribution in [3.05, 3.63) is 0 Å². The summed E-state index contributed by atoms with van der Waals surface area (Å²) in [6, 6.07) is -2.25. The Morgan fingerprint density at radius 3 is 1.28 bits per heavy atom. The number of nitrogens with one attached hydrogen (secondary N) is 2. The van der Waals surface area contributed by atoms with Gasteiger partial charge in [-0.3, -0.25) is 9.59 Å². The molecule has 0 spiro atoms. The molecule has 36 heavy (non-hydrogen) atoms. The molecular formula is C22H36N6O8. The summed E-state index contributed by atoms with van der Waals surface area (Å²) in [7, 11) is 6.49. The van der Waals surface area contributed by atoms with E-state index in [1.165, 1.54) is 9.80 Å². The van der Waals surface area contributed by atoms with Gasteiger partial charge in [-0.2, -0.15) is 0 Å². The van der Waals surface area contributed by atoms with E-state index >= 15 is 0 Å². The average molecular weight is 513 g/mol. The van der Waals surface area contributed by atoms with Gasteiger partial charge in [0.15, 0.2) is 0 Å². The molecule has 14 nitrogen and oxygen atoms in total. The Hall–Kier alpha value is -3.26. The molecule has 0 saturated heterocycles. The van der Waals surface area contributed by atoms with E-state index in [1.54, 1.807) is 28.2 Å². The van der Waals surface area contributed by atoms with E-state index in [1.807, 2.05) is 0 Å². The van der Waals surface area contributed by atoms with Crippen LogP contribution in [0.2, 0.25) is 0 Å². The quantitative estimate of drug-likeness (QED) is 0.198. The minimum absolute atomic E-state index is 0.109. The molecule has 2 aliphatic carbocycles. The van der Waals surface area contributed by atoms with Crippen molar-refractivity contribution in [2.75, 3.05) is 28.2 Å². The van der Waals surface area contributed by atoms with Gasteiger partial charge in [-0.15, -0.1) is 0 Å². The van der Waals surface area contributed by atoms with E-state index < -0.39 is 48.3 Å². The van der Waals surface area contributed by atoms with Crippen LogP contribution >= 0.6 is 0 Å². The van der Waals surface area contributed by atoms with Crippen LogP contribution in [-0.2, 0) is 28.7 Å². The monoisotopic (exact) mass is 512 g/mol. The molecule has 0 bridgehead atoms. The number of carbonyl (C=O) groups is 6. The molecule has 6 N–H and O–H groups in total. The summed E-state index contributed by atoms with van der Waals surface area (Å²) in [5.74, 6) is -4.34. The molecule has 4 amide bonds. The summed E-state index contributed by atoms with van der Waals surface area (Å²) in [5, 5.41) is 4.78. The summed E-state index contributed by atoms with van der Waals surface area (Å²) >= 11 is 0. The molecule has 202 valence electrons. The number of nitrogens with two attached hydrogens (primary N) is 2. The zero-order valence-electron chi connectivity index (χ0n) is 21.0. The van der Waals surface area contributed by atoms with Gasteiger partial charge >= 0.3 is 24.1 Å². The molecule has 0 aromatic heterocycles. The van der Waals surface area contributed by atoms with Crippen LogP contribution in [0.1, 0.15) is 38.5 Å². The van der Waals surface area contributed by atoms with Crippen molar-refractivity contribution in [1.82, 2.24) is 20.4 Å². The Balaban J connectivity index is 1.83. The Morgan fingerprint density at radius 1 is 0.639 bits per heavy atom. The Kier molecular flexibility index (Phi) is 10.2. The third kappa shape index (κ3) is 7.88. The lowest BCUT2D eigenvalue weighted by atomic mass is 9.82. The highest BCUT2D eigenvalue weighted by Crippen LogP contribution is 2.26. The van der Waals surface area contributed by atoms with Crippen LogP contribution in [0.5, 0.6) is 0 Å². The summed E-state index contributed by atoms with van der Waals surface area (Å²) in [5.41, 5.74) is 12.0. The van der Waals surface area contributed by atoms with Crippen molar-refractivity contribution in [2.24, 2.45) is 23.3 Å².